The van der Waals surface area contributed by atoms with E-state index in [-0.39, 0.29) is 5.95 Å². The second-order valence-electron chi connectivity index (χ2n) is 5.13. The van der Waals surface area contributed by atoms with Crippen LogP contribution in [0.3, 0.4) is 0 Å². The Bertz CT molecular complexity index is 741. The molecule has 3 aromatic rings. The van der Waals surface area contributed by atoms with Gasteiger partial charge in [-0.05, 0) is 62.1 Å². The molecule has 2 aromatic heterocycles. The molecule has 6 heteroatoms. The highest BCUT2D eigenvalue weighted by molar-refractivity contribution is 7.98. The molecule has 0 spiro atoms. The number of pyridine rings is 1. The molecule has 0 amide bonds. The molecular weight excluding hydrogens is 342 g/mol. The van der Waals surface area contributed by atoms with Crippen molar-refractivity contribution in [2.75, 3.05) is 17.3 Å². The van der Waals surface area contributed by atoms with Gasteiger partial charge >= 0.3 is 0 Å². The number of nitrogen functional groups attached to an aromatic ring is 1. The Morgan fingerprint density at radius 2 is 1.54 bits per heavy atom. The zero-order chi connectivity index (χ0) is 19.4. The van der Waals surface area contributed by atoms with Gasteiger partial charge in [-0.15, -0.1) is 11.8 Å². The van der Waals surface area contributed by atoms with Crippen LogP contribution >= 0.6 is 11.8 Å². The van der Waals surface area contributed by atoms with Gasteiger partial charge in [-0.2, -0.15) is 4.98 Å². The van der Waals surface area contributed by atoms with Gasteiger partial charge in [0.2, 0.25) is 5.95 Å². The van der Waals surface area contributed by atoms with Gasteiger partial charge in [-0.3, -0.25) is 4.98 Å². The van der Waals surface area contributed by atoms with E-state index in [1.807, 2.05) is 58.0 Å². The predicted molar refractivity (Wildman–Crippen MR) is 113 cm³/mol. The molecule has 26 heavy (non-hydrogen) atoms. The molecule has 0 radical (unpaired) electrons. The first-order valence-electron chi connectivity index (χ1n) is 8.45. The molecule has 3 N–H and O–H groups in total. The third-order valence-electron chi connectivity index (χ3n) is 3.08. The van der Waals surface area contributed by atoms with Crippen LogP contribution < -0.4 is 11.1 Å². The Labute approximate surface area is 160 Å². The molecule has 2 heterocycles. The summed E-state index contributed by atoms with van der Waals surface area (Å²) in [4.78, 5) is 13.2. The number of anilines is 3. The van der Waals surface area contributed by atoms with Gasteiger partial charge in [0.25, 0.3) is 0 Å². The number of hydrogen-bond donors (Lipinski definition) is 2. The van der Waals surface area contributed by atoms with Crippen molar-refractivity contribution >= 4 is 29.2 Å². The van der Waals surface area contributed by atoms with E-state index in [1.165, 1.54) is 10.5 Å². The molecule has 138 valence electrons. The molecular formula is C20H27N5S. The fourth-order valence-electron chi connectivity index (χ4n) is 1.90. The number of thioether (sulfide) groups is 1. The Balaban J connectivity index is 0.000000313. The van der Waals surface area contributed by atoms with E-state index in [0.29, 0.717) is 5.82 Å². The summed E-state index contributed by atoms with van der Waals surface area (Å²) in [6.45, 7) is 7.93. The first-order chi connectivity index (χ1) is 12.6. The lowest BCUT2D eigenvalue weighted by Crippen LogP contribution is -2.01. The van der Waals surface area contributed by atoms with E-state index in [0.717, 1.165) is 11.4 Å². The highest BCUT2D eigenvalue weighted by Gasteiger charge is 2.00. The maximum absolute atomic E-state index is 5.59. The van der Waals surface area contributed by atoms with Crippen molar-refractivity contribution in [2.45, 2.75) is 32.6 Å². The molecule has 0 atom stereocenters. The second kappa shape index (κ2) is 11.9. The Hall–Kier alpha value is -2.60. The van der Waals surface area contributed by atoms with Crippen LogP contribution in [0.5, 0.6) is 0 Å². The predicted octanol–water partition coefficient (Wildman–Crippen LogP) is 5.25. The minimum absolute atomic E-state index is 0.285. The molecule has 0 unspecified atom stereocenters. The van der Waals surface area contributed by atoms with Gasteiger partial charge in [-0.1, -0.05) is 13.8 Å². The maximum atomic E-state index is 5.59. The number of benzene rings is 1. The number of aryl methyl sites for hydroxylation is 2. The van der Waals surface area contributed by atoms with Crippen molar-refractivity contribution in [1.29, 1.82) is 0 Å². The Morgan fingerprint density at radius 3 is 2.00 bits per heavy atom. The molecule has 0 aliphatic carbocycles. The van der Waals surface area contributed by atoms with Gasteiger partial charge in [0.1, 0.15) is 5.82 Å². The van der Waals surface area contributed by atoms with Crippen molar-refractivity contribution in [3.8, 4) is 0 Å². The fraction of sp³-hybridized carbons (Fsp3) is 0.250. The number of nitrogens with one attached hydrogen (secondary N) is 1. The first kappa shape index (κ1) is 21.4. The highest BCUT2D eigenvalue weighted by atomic mass is 32.2. The topological polar surface area (TPSA) is 76.7 Å². The molecule has 0 saturated carbocycles. The van der Waals surface area contributed by atoms with E-state index >= 15 is 0 Å². The van der Waals surface area contributed by atoms with Crippen molar-refractivity contribution in [3.05, 3.63) is 66.1 Å². The van der Waals surface area contributed by atoms with Crippen LogP contribution in [0, 0.1) is 13.8 Å². The summed E-state index contributed by atoms with van der Waals surface area (Å²) in [5, 5.41) is 3.20. The van der Waals surface area contributed by atoms with E-state index in [1.54, 1.807) is 24.2 Å². The summed E-state index contributed by atoms with van der Waals surface area (Å²) < 4.78 is 0. The molecule has 5 nitrogen and oxygen atoms in total. The standard InChI is InChI=1S/C12H14N4S.C6H7N.C2H6/c1-8-7-11(16-12(13)14-8)15-9-3-5-10(17-2)6-4-9;1-6-2-4-7-5-3-6;1-2/h3-7H,1-2H3,(H3,13,14,15,16);2-5H,1H3;1-2H3. The summed E-state index contributed by atoms with van der Waals surface area (Å²) in [6, 6.07) is 14.0. The minimum Gasteiger partial charge on any atom is -0.368 e. The molecule has 0 saturated heterocycles. The van der Waals surface area contributed by atoms with Crippen LogP contribution in [-0.2, 0) is 0 Å². The average Bonchev–Trinajstić information content (AvgIpc) is 2.64. The van der Waals surface area contributed by atoms with E-state index in [4.69, 9.17) is 5.73 Å². The Kier molecular flexibility index (Phi) is 9.79. The number of aromatic nitrogens is 3. The maximum Gasteiger partial charge on any atom is 0.222 e. The summed E-state index contributed by atoms with van der Waals surface area (Å²) in [6.07, 6.45) is 5.63. The van der Waals surface area contributed by atoms with Gasteiger partial charge < -0.3 is 11.1 Å². The molecule has 3 rings (SSSR count). The van der Waals surface area contributed by atoms with Gasteiger partial charge in [0, 0.05) is 34.7 Å². The smallest absolute Gasteiger partial charge is 0.222 e. The molecule has 0 fully saturated rings. The second-order valence-corrected chi connectivity index (χ2v) is 6.01. The van der Waals surface area contributed by atoms with Crippen LogP contribution in [0.2, 0.25) is 0 Å². The molecule has 0 aliphatic rings. The van der Waals surface area contributed by atoms with Crippen LogP contribution in [0.4, 0.5) is 17.5 Å². The SMILES string of the molecule is CC.CSc1ccc(Nc2cc(C)nc(N)n2)cc1.Cc1ccncc1. The van der Waals surface area contributed by atoms with E-state index in [9.17, 15) is 0 Å². The van der Waals surface area contributed by atoms with E-state index in [2.05, 4.69) is 38.7 Å². The van der Waals surface area contributed by atoms with Gasteiger partial charge in [0.05, 0.1) is 0 Å². The lowest BCUT2D eigenvalue weighted by atomic mass is 10.3. The van der Waals surface area contributed by atoms with Gasteiger partial charge in [0.15, 0.2) is 0 Å². The zero-order valence-electron chi connectivity index (χ0n) is 16.0. The molecule has 1 aromatic carbocycles. The number of nitrogens with zero attached hydrogens (tertiary/aromatic N) is 3. The Morgan fingerprint density at radius 1 is 0.923 bits per heavy atom. The third kappa shape index (κ3) is 7.98. The van der Waals surface area contributed by atoms with Crippen molar-refractivity contribution in [3.63, 3.8) is 0 Å². The van der Waals surface area contributed by atoms with Crippen LogP contribution in [0.1, 0.15) is 25.1 Å². The fourth-order valence-corrected chi connectivity index (χ4v) is 2.31. The van der Waals surface area contributed by atoms with Crippen molar-refractivity contribution < 1.29 is 0 Å². The van der Waals surface area contributed by atoms with Crippen LogP contribution in [0.15, 0.2) is 59.8 Å². The number of rotatable bonds is 3. The highest BCUT2D eigenvalue weighted by Crippen LogP contribution is 2.20. The zero-order valence-corrected chi connectivity index (χ0v) is 16.8. The van der Waals surface area contributed by atoms with Crippen molar-refractivity contribution in [1.82, 2.24) is 15.0 Å². The summed E-state index contributed by atoms with van der Waals surface area (Å²) >= 11 is 1.72. The lowest BCUT2D eigenvalue weighted by molar-refractivity contribution is 1.12. The minimum atomic E-state index is 0.285. The largest absolute Gasteiger partial charge is 0.368 e. The molecule has 0 aliphatic heterocycles. The van der Waals surface area contributed by atoms with Crippen LogP contribution in [-0.4, -0.2) is 21.2 Å². The van der Waals surface area contributed by atoms with Gasteiger partial charge in [-0.25, -0.2) is 4.98 Å². The quantitative estimate of drug-likeness (QED) is 0.614. The first-order valence-corrected chi connectivity index (χ1v) is 9.68. The monoisotopic (exact) mass is 369 g/mol. The third-order valence-corrected chi connectivity index (χ3v) is 3.82. The summed E-state index contributed by atoms with van der Waals surface area (Å²) in [7, 11) is 0. The summed E-state index contributed by atoms with van der Waals surface area (Å²) in [5.41, 5.74) is 8.69. The molecule has 0 bridgehead atoms. The van der Waals surface area contributed by atoms with Crippen LogP contribution in [0.25, 0.3) is 0 Å². The van der Waals surface area contributed by atoms with E-state index < -0.39 is 0 Å². The average molecular weight is 370 g/mol. The van der Waals surface area contributed by atoms with Crippen molar-refractivity contribution in [2.24, 2.45) is 0 Å². The lowest BCUT2D eigenvalue weighted by Gasteiger charge is -2.07. The normalized spacial score (nSPS) is 9.27. The number of hydrogen-bond acceptors (Lipinski definition) is 6. The number of nitrogens with two attached hydrogens (primary N) is 1. The summed E-state index contributed by atoms with van der Waals surface area (Å²) in [5.74, 6) is 1.00.